The van der Waals surface area contributed by atoms with Crippen molar-refractivity contribution >= 4 is 28.2 Å². The molecule has 1 fully saturated rings. The summed E-state index contributed by atoms with van der Waals surface area (Å²) < 4.78 is 1.64. The summed E-state index contributed by atoms with van der Waals surface area (Å²) in [6, 6.07) is 14.1. The van der Waals surface area contributed by atoms with Crippen molar-refractivity contribution in [3.63, 3.8) is 0 Å². The van der Waals surface area contributed by atoms with E-state index >= 15 is 0 Å². The molecule has 0 unspecified atom stereocenters. The van der Waals surface area contributed by atoms with Crippen molar-refractivity contribution in [1.29, 1.82) is 0 Å². The number of aromatic amines is 1. The Balaban J connectivity index is 1.43. The third-order valence-corrected chi connectivity index (χ3v) is 5.76. The summed E-state index contributed by atoms with van der Waals surface area (Å²) in [7, 11) is 1.77. The normalized spacial score (nSPS) is 14.2. The summed E-state index contributed by atoms with van der Waals surface area (Å²) in [5, 5.41) is 10.0. The molecule has 3 heterocycles. The topological polar surface area (TPSA) is 78.8 Å². The maximum atomic E-state index is 12.9. The molecule has 2 aromatic carbocycles. The highest BCUT2D eigenvalue weighted by molar-refractivity contribution is 5.83. The van der Waals surface area contributed by atoms with Gasteiger partial charge in [0.1, 0.15) is 0 Å². The van der Waals surface area contributed by atoms with Crippen LogP contribution in [0.4, 0.5) is 17.2 Å². The molecule has 152 valence electrons. The van der Waals surface area contributed by atoms with Crippen molar-refractivity contribution in [2.24, 2.45) is 7.05 Å². The van der Waals surface area contributed by atoms with Gasteiger partial charge in [-0.05, 0) is 61.2 Å². The molecular weight excluding hydrogens is 376 g/mol. The molecule has 0 aliphatic carbocycles. The Hall–Kier alpha value is -3.61. The lowest BCUT2D eigenvalue weighted by atomic mass is 10.1. The van der Waals surface area contributed by atoms with Gasteiger partial charge in [0.2, 0.25) is 0 Å². The summed E-state index contributed by atoms with van der Waals surface area (Å²) in [5.41, 5.74) is 5.43. The quantitative estimate of drug-likeness (QED) is 0.540. The van der Waals surface area contributed by atoms with Crippen LogP contribution in [0.15, 0.2) is 59.7 Å². The minimum absolute atomic E-state index is 0.160. The van der Waals surface area contributed by atoms with Crippen molar-refractivity contribution in [3.8, 4) is 11.1 Å². The predicted molar refractivity (Wildman–Crippen MR) is 120 cm³/mol. The zero-order chi connectivity index (χ0) is 20.5. The van der Waals surface area contributed by atoms with E-state index in [1.54, 1.807) is 17.8 Å². The van der Waals surface area contributed by atoms with E-state index in [0.717, 1.165) is 40.9 Å². The van der Waals surface area contributed by atoms with Gasteiger partial charge in [-0.25, -0.2) is 4.98 Å². The lowest BCUT2D eigenvalue weighted by molar-refractivity contribution is 0.578. The molecule has 1 aliphatic rings. The summed E-state index contributed by atoms with van der Waals surface area (Å²) in [6.45, 7) is 2.22. The van der Waals surface area contributed by atoms with Crippen LogP contribution in [0, 0.1) is 0 Å². The zero-order valence-electron chi connectivity index (χ0n) is 16.9. The number of piperidine rings is 1. The fourth-order valence-corrected chi connectivity index (χ4v) is 4.04. The van der Waals surface area contributed by atoms with Crippen LogP contribution in [-0.4, -0.2) is 32.8 Å². The van der Waals surface area contributed by atoms with E-state index in [1.807, 2.05) is 36.5 Å². The maximum Gasteiger partial charge on any atom is 0.293 e. The minimum Gasteiger partial charge on any atom is -0.372 e. The third-order valence-electron chi connectivity index (χ3n) is 5.76. The molecule has 5 rings (SSSR count). The summed E-state index contributed by atoms with van der Waals surface area (Å²) >= 11 is 0. The van der Waals surface area contributed by atoms with Gasteiger partial charge in [-0.15, -0.1) is 0 Å². The molecule has 2 N–H and O–H groups in total. The Kier molecular flexibility index (Phi) is 4.71. The highest BCUT2D eigenvalue weighted by atomic mass is 16.1. The van der Waals surface area contributed by atoms with E-state index in [2.05, 4.69) is 37.5 Å². The van der Waals surface area contributed by atoms with Crippen LogP contribution in [0.5, 0.6) is 0 Å². The lowest BCUT2D eigenvalue weighted by Crippen LogP contribution is -2.29. The fourth-order valence-electron chi connectivity index (χ4n) is 4.04. The van der Waals surface area contributed by atoms with Crippen LogP contribution in [0.25, 0.3) is 22.2 Å². The van der Waals surface area contributed by atoms with E-state index in [1.165, 1.54) is 24.9 Å². The lowest BCUT2D eigenvalue weighted by Gasteiger charge is -2.28. The van der Waals surface area contributed by atoms with Crippen molar-refractivity contribution < 1.29 is 0 Å². The Labute approximate surface area is 174 Å². The maximum absolute atomic E-state index is 12.9. The molecule has 7 nitrogen and oxygen atoms in total. The van der Waals surface area contributed by atoms with Gasteiger partial charge in [0.25, 0.3) is 5.56 Å². The second kappa shape index (κ2) is 7.67. The molecule has 0 bridgehead atoms. The van der Waals surface area contributed by atoms with Crippen molar-refractivity contribution in [3.05, 3.63) is 65.2 Å². The summed E-state index contributed by atoms with van der Waals surface area (Å²) in [4.78, 5) is 19.9. The number of aromatic nitrogens is 4. The van der Waals surface area contributed by atoms with Crippen LogP contribution in [0.2, 0.25) is 0 Å². The van der Waals surface area contributed by atoms with E-state index in [-0.39, 0.29) is 5.56 Å². The van der Waals surface area contributed by atoms with Gasteiger partial charge < -0.3 is 14.8 Å². The van der Waals surface area contributed by atoms with E-state index < -0.39 is 0 Å². The van der Waals surface area contributed by atoms with E-state index in [9.17, 15) is 4.79 Å². The molecule has 0 saturated carbocycles. The second-order valence-electron chi connectivity index (χ2n) is 7.73. The Morgan fingerprint density at radius 2 is 1.80 bits per heavy atom. The van der Waals surface area contributed by atoms with Gasteiger partial charge in [-0.3, -0.25) is 9.89 Å². The van der Waals surface area contributed by atoms with Crippen LogP contribution >= 0.6 is 0 Å². The Morgan fingerprint density at radius 1 is 1.00 bits per heavy atom. The first-order chi connectivity index (χ1) is 14.7. The SMILES string of the molecule is Cn1c(=O)c(Nc2ccc(N3CCCCC3)cc2)nc2ccc(-c3cn[nH]c3)cc21. The van der Waals surface area contributed by atoms with Gasteiger partial charge in [0.05, 0.1) is 17.2 Å². The number of fused-ring (bicyclic) bond motifs is 1. The van der Waals surface area contributed by atoms with Gasteiger partial charge in [-0.1, -0.05) is 6.07 Å². The Morgan fingerprint density at radius 3 is 2.53 bits per heavy atom. The Bertz CT molecular complexity index is 1220. The first kappa shape index (κ1) is 18.4. The van der Waals surface area contributed by atoms with Crippen LogP contribution in [0.3, 0.4) is 0 Å². The molecule has 0 amide bonds. The average Bonchev–Trinajstić information content (AvgIpc) is 3.33. The number of benzene rings is 2. The number of hydrogen-bond acceptors (Lipinski definition) is 5. The molecule has 0 spiro atoms. The van der Waals surface area contributed by atoms with Crippen LogP contribution < -0.4 is 15.8 Å². The first-order valence-electron chi connectivity index (χ1n) is 10.3. The molecule has 1 aliphatic heterocycles. The first-order valence-corrected chi connectivity index (χ1v) is 10.3. The van der Waals surface area contributed by atoms with Crippen LogP contribution in [0.1, 0.15) is 19.3 Å². The number of rotatable bonds is 4. The number of aryl methyl sites for hydroxylation is 1. The smallest absolute Gasteiger partial charge is 0.293 e. The molecule has 1 saturated heterocycles. The third kappa shape index (κ3) is 3.43. The molecule has 7 heteroatoms. The van der Waals surface area contributed by atoms with Crippen molar-refractivity contribution in [2.45, 2.75) is 19.3 Å². The largest absolute Gasteiger partial charge is 0.372 e. The van der Waals surface area contributed by atoms with Gasteiger partial charge in [0.15, 0.2) is 5.82 Å². The number of nitrogens with one attached hydrogen (secondary N) is 2. The minimum atomic E-state index is -0.160. The van der Waals surface area contributed by atoms with Crippen molar-refractivity contribution in [2.75, 3.05) is 23.3 Å². The molecule has 4 aromatic rings. The van der Waals surface area contributed by atoms with E-state index in [0.29, 0.717) is 5.82 Å². The van der Waals surface area contributed by atoms with Crippen LogP contribution in [-0.2, 0) is 7.05 Å². The van der Waals surface area contributed by atoms with Crippen molar-refractivity contribution in [1.82, 2.24) is 19.7 Å². The number of H-pyrrole nitrogens is 1. The van der Waals surface area contributed by atoms with Gasteiger partial charge in [0, 0.05) is 43.3 Å². The number of nitrogens with zero attached hydrogens (tertiary/aromatic N) is 4. The summed E-state index contributed by atoms with van der Waals surface area (Å²) in [6.07, 6.45) is 7.40. The molecule has 2 aromatic heterocycles. The predicted octanol–water partition coefficient (Wildman–Crippen LogP) is 4.06. The standard InChI is InChI=1S/C23H24N6O/c1-28-21-13-16(17-14-24-25-15-17)5-10-20(21)27-22(23(28)30)26-18-6-8-19(9-7-18)29-11-3-2-4-12-29/h5-10,13-15H,2-4,11-12H2,1H3,(H,24,25)(H,26,27). The number of hydrogen-bond donors (Lipinski definition) is 2. The fraction of sp³-hybridized carbons (Fsp3) is 0.261. The highest BCUT2D eigenvalue weighted by Gasteiger charge is 2.13. The zero-order valence-corrected chi connectivity index (χ0v) is 16.9. The molecule has 0 radical (unpaired) electrons. The highest BCUT2D eigenvalue weighted by Crippen LogP contribution is 2.25. The second-order valence-corrected chi connectivity index (χ2v) is 7.73. The summed E-state index contributed by atoms with van der Waals surface area (Å²) in [5.74, 6) is 0.326. The average molecular weight is 400 g/mol. The molecule has 0 atom stereocenters. The van der Waals surface area contributed by atoms with E-state index in [4.69, 9.17) is 0 Å². The monoisotopic (exact) mass is 400 g/mol. The molecule has 30 heavy (non-hydrogen) atoms. The van der Waals surface area contributed by atoms with Gasteiger partial charge in [-0.2, -0.15) is 5.10 Å². The number of anilines is 3. The molecular formula is C23H24N6O. The van der Waals surface area contributed by atoms with Gasteiger partial charge >= 0.3 is 0 Å².